The van der Waals surface area contributed by atoms with E-state index >= 15 is 0 Å². The molecule has 1 atom stereocenters. The third-order valence-electron chi connectivity index (χ3n) is 5.53. The van der Waals surface area contributed by atoms with Crippen LogP contribution >= 0.6 is 0 Å². The predicted octanol–water partition coefficient (Wildman–Crippen LogP) is 2.48. The molecule has 1 saturated heterocycles. The molecule has 2 heterocycles. The number of nitrogens with zero attached hydrogens (tertiary/aromatic N) is 3. The smallest absolute Gasteiger partial charge is 0.295 e. The van der Waals surface area contributed by atoms with Gasteiger partial charge in [-0.1, -0.05) is 0 Å². The summed E-state index contributed by atoms with van der Waals surface area (Å²) >= 11 is 0. The number of methoxy groups -OCH3 is 3. The zero-order chi connectivity index (χ0) is 24.1. The fourth-order valence-electron chi connectivity index (χ4n) is 3.92. The number of hydrogen-bond donors (Lipinski definition) is 1. The van der Waals surface area contributed by atoms with Gasteiger partial charge in [-0.3, -0.25) is 14.6 Å². The van der Waals surface area contributed by atoms with Crippen LogP contribution in [-0.4, -0.2) is 80.1 Å². The lowest BCUT2D eigenvalue weighted by Crippen LogP contribution is -2.32. The molecule has 0 radical (unpaired) electrons. The first kappa shape index (κ1) is 24.1. The molecular formula is C24H29N3O6. The molecular weight excluding hydrogens is 426 g/mol. The number of likely N-dealkylation sites (tertiary alicyclic amines) is 1. The minimum Gasteiger partial charge on any atom is -0.507 e. The molecule has 176 valence electrons. The van der Waals surface area contributed by atoms with E-state index in [0.717, 1.165) is 6.54 Å². The van der Waals surface area contributed by atoms with Crippen molar-refractivity contribution in [2.24, 2.45) is 0 Å². The SMILES string of the molecule is COc1cc(OC)c([C@@H]2/C(=C(\O)c3ccncc3)C(=O)C(=O)N2CCCN(C)C)cc1OC. The summed E-state index contributed by atoms with van der Waals surface area (Å²) in [6.07, 6.45) is 3.66. The van der Waals surface area contributed by atoms with Gasteiger partial charge in [-0.2, -0.15) is 0 Å². The van der Waals surface area contributed by atoms with E-state index in [-0.39, 0.29) is 11.3 Å². The number of aliphatic hydroxyl groups excluding tert-OH is 1. The highest BCUT2D eigenvalue weighted by atomic mass is 16.5. The van der Waals surface area contributed by atoms with Crippen molar-refractivity contribution in [1.82, 2.24) is 14.8 Å². The number of carbonyl (C=O) groups excluding carboxylic acids is 2. The molecule has 1 amide bonds. The largest absolute Gasteiger partial charge is 0.507 e. The highest BCUT2D eigenvalue weighted by Gasteiger charge is 2.47. The first-order chi connectivity index (χ1) is 15.8. The molecule has 9 heteroatoms. The van der Waals surface area contributed by atoms with E-state index in [2.05, 4.69) is 4.98 Å². The quantitative estimate of drug-likeness (QED) is 0.350. The van der Waals surface area contributed by atoms with E-state index in [4.69, 9.17) is 14.2 Å². The van der Waals surface area contributed by atoms with Crippen LogP contribution in [0, 0.1) is 0 Å². The van der Waals surface area contributed by atoms with Crippen LogP contribution in [0.5, 0.6) is 17.2 Å². The summed E-state index contributed by atoms with van der Waals surface area (Å²) in [5.41, 5.74) is 0.886. The lowest BCUT2D eigenvalue weighted by atomic mass is 9.94. The third-order valence-corrected chi connectivity index (χ3v) is 5.53. The number of Topliss-reactive ketones (excluding diaryl/α,β-unsaturated/α-hetero) is 1. The van der Waals surface area contributed by atoms with Gasteiger partial charge in [0, 0.05) is 36.1 Å². The average molecular weight is 456 g/mol. The summed E-state index contributed by atoms with van der Waals surface area (Å²) in [5.74, 6) is -0.444. The molecule has 0 spiro atoms. The fraction of sp³-hybridized carbons (Fsp3) is 0.375. The van der Waals surface area contributed by atoms with Crippen LogP contribution < -0.4 is 14.2 Å². The molecule has 0 aliphatic carbocycles. The highest BCUT2D eigenvalue weighted by Crippen LogP contribution is 2.46. The van der Waals surface area contributed by atoms with Gasteiger partial charge in [0.1, 0.15) is 11.5 Å². The van der Waals surface area contributed by atoms with Gasteiger partial charge in [-0.05, 0) is 45.3 Å². The first-order valence-electron chi connectivity index (χ1n) is 10.5. The topological polar surface area (TPSA) is 101 Å². The maximum absolute atomic E-state index is 13.2. The molecule has 3 rings (SSSR count). The van der Waals surface area contributed by atoms with Gasteiger partial charge in [-0.15, -0.1) is 0 Å². The van der Waals surface area contributed by atoms with Crippen molar-refractivity contribution < 1.29 is 28.9 Å². The molecule has 1 N–H and O–H groups in total. The second-order valence-electron chi connectivity index (χ2n) is 7.83. The summed E-state index contributed by atoms with van der Waals surface area (Å²) in [6, 6.07) is 5.61. The zero-order valence-corrected chi connectivity index (χ0v) is 19.5. The first-order valence-corrected chi connectivity index (χ1v) is 10.5. The second kappa shape index (κ2) is 10.4. The Kier molecular flexibility index (Phi) is 7.55. The van der Waals surface area contributed by atoms with Crippen molar-refractivity contribution in [3.8, 4) is 17.2 Å². The molecule has 2 aromatic rings. The molecule has 1 aliphatic heterocycles. The molecule has 0 unspecified atom stereocenters. The van der Waals surface area contributed by atoms with Gasteiger partial charge >= 0.3 is 0 Å². The second-order valence-corrected chi connectivity index (χ2v) is 7.83. The van der Waals surface area contributed by atoms with Crippen molar-refractivity contribution >= 4 is 17.4 Å². The Morgan fingerprint density at radius 2 is 1.64 bits per heavy atom. The Labute approximate surface area is 193 Å². The zero-order valence-electron chi connectivity index (χ0n) is 19.5. The van der Waals surface area contributed by atoms with Gasteiger partial charge in [-0.25, -0.2) is 0 Å². The molecule has 0 saturated carbocycles. The van der Waals surface area contributed by atoms with Crippen LogP contribution in [0.3, 0.4) is 0 Å². The molecule has 9 nitrogen and oxygen atoms in total. The normalized spacial score (nSPS) is 17.5. The minimum atomic E-state index is -0.866. The van der Waals surface area contributed by atoms with Gasteiger partial charge in [0.05, 0.1) is 32.9 Å². The number of rotatable bonds is 9. The average Bonchev–Trinajstić information content (AvgIpc) is 3.07. The standard InChI is InChI=1S/C24H29N3O6/c1-26(2)11-6-12-27-21(16-13-18(32-4)19(33-5)14-17(16)31-3)20(23(29)24(27)30)22(28)15-7-9-25-10-8-15/h7-10,13-14,21,28H,6,11-12H2,1-5H3/b22-20+/t21-/m1/s1. The number of carbonyl (C=O) groups is 2. The Morgan fingerprint density at radius 3 is 2.21 bits per heavy atom. The summed E-state index contributed by atoms with van der Waals surface area (Å²) in [5, 5.41) is 11.1. The summed E-state index contributed by atoms with van der Waals surface area (Å²) in [7, 11) is 8.37. The minimum absolute atomic E-state index is 0.0124. The summed E-state index contributed by atoms with van der Waals surface area (Å²) in [4.78, 5) is 33.7. The summed E-state index contributed by atoms with van der Waals surface area (Å²) in [6.45, 7) is 1.04. The highest BCUT2D eigenvalue weighted by molar-refractivity contribution is 6.46. The van der Waals surface area contributed by atoms with Crippen LogP contribution in [0.1, 0.15) is 23.6 Å². The number of pyridine rings is 1. The molecule has 1 aromatic carbocycles. The van der Waals surface area contributed by atoms with Crippen LogP contribution in [0.4, 0.5) is 0 Å². The molecule has 1 aliphatic rings. The van der Waals surface area contributed by atoms with Gasteiger partial charge in [0.2, 0.25) is 0 Å². The van der Waals surface area contributed by atoms with Gasteiger partial charge in [0.25, 0.3) is 11.7 Å². The van der Waals surface area contributed by atoms with Crippen molar-refractivity contribution in [3.63, 3.8) is 0 Å². The van der Waals surface area contributed by atoms with E-state index in [1.807, 2.05) is 19.0 Å². The molecule has 0 bridgehead atoms. The maximum Gasteiger partial charge on any atom is 0.295 e. The molecule has 1 fully saturated rings. The monoisotopic (exact) mass is 455 g/mol. The Hall–Kier alpha value is -3.59. The maximum atomic E-state index is 13.2. The Morgan fingerprint density at radius 1 is 1.03 bits per heavy atom. The van der Waals surface area contributed by atoms with Gasteiger partial charge in [0.15, 0.2) is 11.5 Å². The number of amides is 1. The number of benzene rings is 1. The lowest BCUT2D eigenvalue weighted by Gasteiger charge is -2.27. The fourth-order valence-corrected chi connectivity index (χ4v) is 3.92. The van der Waals surface area contributed by atoms with Gasteiger partial charge < -0.3 is 29.1 Å². The van der Waals surface area contributed by atoms with E-state index < -0.39 is 17.7 Å². The van der Waals surface area contributed by atoms with Crippen LogP contribution in [0.2, 0.25) is 0 Å². The Bertz CT molecular complexity index is 1050. The number of aromatic nitrogens is 1. The van der Waals surface area contributed by atoms with Crippen molar-refractivity contribution in [2.75, 3.05) is 48.5 Å². The predicted molar refractivity (Wildman–Crippen MR) is 123 cm³/mol. The molecule has 33 heavy (non-hydrogen) atoms. The van der Waals surface area contributed by atoms with Crippen molar-refractivity contribution in [1.29, 1.82) is 0 Å². The van der Waals surface area contributed by atoms with Crippen LogP contribution in [0.15, 0.2) is 42.2 Å². The van der Waals surface area contributed by atoms with Crippen molar-refractivity contribution in [3.05, 3.63) is 53.4 Å². The number of ketones is 1. The van der Waals surface area contributed by atoms with Crippen LogP contribution in [0.25, 0.3) is 5.76 Å². The lowest BCUT2D eigenvalue weighted by molar-refractivity contribution is -0.140. The Balaban J connectivity index is 2.22. The van der Waals surface area contributed by atoms with E-state index in [9.17, 15) is 14.7 Å². The summed E-state index contributed by atoms with van der Waals surface area (Å²) < 4.78 is 16.4. The van der Waals surface area contributed by atoms with E-state index in [1.54, 1.807) is 24.3 Å². The van der Waals surface area contributed by atoms with Crippen LogP contribution in [-0.2, 0) is 9.59 Å². The molecule has 1 aromatic heterocycles. The van der Waals surface area contributed by atoms with Crippen molar-refractivity contribution in [2.45, 2.75) is 12.5 Å². The number of hydrogen-bond acceptors (Lipinski definition) is 8. The number of ether oxygens (including phenoxy) is 3. The van der Waals surface area contributed by atoms with E-state index in [1.165, 1.54) is 38.6 Å². The van der Waals surface area contributed by atoms with E-state index in [0.29, 0.717) is 41.3 Å². The third kappa shape index (κ3) is 4.78. The number of aliphatic hydroxyl groups is 1.